The number of hydrogen-bond donors (Lipinski definition) is 1. The van der Waals surface area contributed by atoms with Crippen LogP contribution in [0.4, 0.5) is 11.5 Å². The van der Waals surface area contributed by atoms with Crippen molar-refractivity contribution < 1.29 is 4.92 Å². The Balaban J connectivity index is 2.07. The van der Waals surface area contributed by atoms with E-state index in [4.69, 9.17) is 0 Å². The van der Waals surface area contributed by atoms with Gasteiger partial charge in [0, 0.05) is 13.6 Å². The zero-order valence-electron chi connectivity index (χ0n) is 9.56. The van der Waals surface area contributed by atoms with Gasteiger partial charge in [0.1, 0.15) is 5.69 Å². The first-order valence-electron chi connectivity index (χ1n) is 5.51. The van der Waals surface area contributed by atoms with Crippen molar-refractivity contribution in [2.24, 2.45) is 13.0 Å². The molecular formula is C10H16N4O2. The molecule has 0 saturated heterocycles. The minimum Gasteiger partial charge on any atom is -0.365 e. The standard InChI is InChI=1S/C10H16N4O2/c1-7-9(14(15)16)10(13(2)12-7)11-6-5-8-3-4-8/h8,11H,3-6H2,1-2H3. The third kappa shape index (κ3) is 2.15. The monoisotopic (exact) mass is 224 g/mol. The topological polar surface area (TPSA) is 73.0 Å². The maximum absolute atomic E-state index is 10.9. The van der Waals surface area contributed by atoms with E-state index in [0.717, 1.165) is 18.9 Å². The Bertz CT molecular complexity index is 409. The van der Waals surface area contributed by atoms with E-state index in [1.54, 1.807) is 18.7 Å². The summed E-state index contributed by atoms with van der Waals surface area (Å²) in [5.74, 6) is 1.34. The van der Waals surface area contributed by atoms with Crippen molar-refractivity contribution in [3.8, 4) is 0 Å². The predicted octanol–water partition coefficient (Wildman–Crippen LogP) is 1.85. The largest absolute Gasteiger partial charge is 0.365 e. The van der Waals surface area contributed by atoms with Crippen molar-refractivity contribution in [1.82, 2.24) is 9.78 Å². The molecule has 0 aliphatic heterocycles. The fourth-order valence-electron chi connectivity index (χ4n) is 1.86. The molecule has 88 valence electrons. The van der Waals surface area contributed by atoms with Crippen LogP contribution in [-0.2, 0) is 7.05 Å². The second-order valence-corrected chi connectivity index (χ2v) is 4.32. The van der Waals surface area contributed by atoms with Crippen LogP contribution in [0.5, 0.6) is 0 Å². The van der Waals surface area contributed by atoms with Gasteiger partial charge in [0.2, 0.25) is 5.82 Å². The van der Waals surface area contributed by atoms with Gasteiger partial charge in [-0.15, -0.1) is 0 Å². The van der Waals surface area contributed by atoms with Crippen LogP contribution in [0.25, 0.3) is 0 Å². The minimum absolute atomic E-state index is 0.0956. The smallest absolute Gasteiger partial charge is 0.333 e. The Morgan fingerprint density at radius 1 is 1.62 bits per heavy atom. The van der Waals surface area contributed by atoms with Crippen LogP contribution in [0.15, 0.2) is 0 Å². The Labute approximate surface area is 93.8 Å². The highest BCUT2D eigenvalue weighted by Gasteiger charge is 2.25. The lowest BCUT2D eigenvalue weighted by atomic mass is 10.3. The van der Waals surface area contributed by atoms with Gasteiger partial charge < -0.3 is 5.32 Å². The highest BCUT2D eigenvalue weighted by molar-refractivity contribution is 5.59. The maximum atomic E-state index is 10.9. The van der Waals surface area contributed by atoms with Gasteiger partial charge in [0.05, 0.1) is 4.92 Å². The van der Waals surface area contributed by atoms with Crippen molar-refractivity contribution in [2.45, 2.75) is 26.2 Å². The van der Waals surface area contributed by atoms with Gasteiger partial charge in [-0.2, -0.15) is 5.10 Å². The lowest BCUT2D eigenvalue weighted by molar-refractivity contribution is -0.384. The molecule has 0 aromatic carbocycles. The first kappa shape index (κ1) is 10.9. The summed E-state index contributed by atoms with van der Waals surface area (Å²) in [6, 6.07) is 0. The molecule has 1 saturated carbocycles. The van der Waals surface area contributed by atoms with Crippen LogP contribution in [0.2, 0.25) is 0 Å². The summed E-state index contributed by atoms with van der Waals surface area (Å²) in [5, 5.41) is 18.0. The van der Waals surface area contributed by atoms with Crippen LogP contribution in [0, 0.1) is 23.0 Å². The molecular weight excluding hydrogens is 208 g/mol. The van der Waals surface area contributed by atoms with Crippen molar-refractivity contribution in [3.63, 3.8) is 0 Å². The normalized spacial score (nSPS) is 15.1. The highest BCUT2D eigenvalue weighted by Crippen LogP contribution is 2.33. The average molecular weight is 224 g/mol. The number of nitro groups is 1. The molecule has 2 rings (SSSR count). The van der Waals surface area contributed by atoms with E-state index in [0.29, 0.717) is 11.5 Å². The van der Waals surface area contributed by atoms with Crippen LogP contribution in [0.1, 0.15) is 25.0 Å². The SMILES string of the molecule is Cc1nn(C)c(NCCC2CC2)c1[N+](=O)[O-]. The van der Waals surface area contributed by atoms with Crippen molar-refractivity contribution in [3.05, 3.63) is 15.8 Å². The van der Waals surface area contributed by atoms with Crippen LogP contribution in [0.3, 0.4) is 0 Å². The third-order valence-corrected chi connectivity index (χ3v) is 2.92. The Hall–Kier alpha value is -1.59. The van der Waals surface area contributed by atoms with Crippen molar-refractivity contribution in [1.29, 1.82) is 0 Å². The van der Waals surface area contributed by atoms with Gasteiger partial charge in [0.15, 0.2) is 0 Å². The summed E-state index contributed by atoms with van der Waals surface area (Å²) in [7, 11) is 1.72. The highest BCUT2D eigenvalue weighted by atomic mass is 16.6. The van der Waals surface area contributed by atoms with E-state index >= 15 is 0 Å². The third-order valence-electron chi connectivity index (χ3n) is 2.92. The number of nitrogens with one attached hydrogen (secondary N) is 1. The van der Waals surface area contributed by atoms with E-state index in [9.17, 15) is 10.1 Å². The van der Waals surface area contributed by atoms with Crippen LogP contribution < -0.4 is 5.32 Å². The molecule has 1 aromatic heterocycles. The summed E-state index contributed by atoms with van der Waals surface area (Å²) in [6.07, 6.45) is 3.68. The molecule has 1 N–H and O–H groups in total. The molecule has 1 heterocycles. The fraction of sp³-hybridized carbons (Fsp3) is 0.700. The molecule has 1 aromatic rings. The molecule has 0 bridgehead atoms. The molecule has 6 nitrogen and oxygen atoms in total. The average Bonchev–Trinajstić information content (AvgIpc) is 2.94. The first-order chi connectivity index (χ1) is 7.59. The summed E-state index contributed by atoms with van der Waals surface area (Å²) in [5.41, 5.74) is 0.555. The van der Waals surface area contributed by atoms with E-state index in [2.05, 4.69) is 10.4 Å². The molecule has 16 heavy (non-hydrogen) atoms. The molecule has 0 unspecified atom stereocenters. The predicted molar refractivity (Wildman–Crippen MR) is 60.4 cm³/mol. The number of rotatable bonds is 5. The Morgan fingerprint density at radius 3 is 2.88 bits per heavy atom. The molecule has 0 radical (unpaired) electrons. The number of anilines is 1. The van der Waals surface area contributed by atoms with Gasteiger partial charge in [-0.05, 0) is 19.3 Å². The van der Waals surface area contributed by atoms with Crippen molar-refractivity contribution >= 4 is 11.5 Å². The molecule has 1 aliphatic carbocycles. The summed E-state index contributed by atoms with van der Waals surface area (Å²) >= 11 is 0. The zero-order valence-corrected chi connectivity index (χ0v) is 9.56. The Kier molecular flexibility index (Phi) is 2.80. The molecule has 1 aliphatic rings. The van der Waals surface area contributed by atoms with Gasteiger partial charge in [-0.3, -0.25) is 10.1 Å². The second kappa shape index (κ2) is 4.11. The van der Waals surface area contributed by atoms with Gasteiger partial charge in [0.25, 0.3) is 0 Å². The first-order valence-corrected chi connectivity index (χ1v) is 5.51. The van der Waals surface area contributed by atoms with Gasteiger partial charge in [-0.25, -0.2) is 4.68 Å². The second-order valence-electron chi connectivity index (χ2n) is 4.32. The van der Waals surface area contributed by atoms with Crippen LogP contribution >= 0.6 is 0 Å². The molecule has 0 atom stereocenters. The van der Waals surface area contributed by atoms with Gasteiger partial charge >= 0.3 is 5.69 Å². The molecule has 0 amide bonds. The lowest BCUT2D eigenvalue weighted by Gasteiger charge is -2.04. The Morgan fingerprint density at radius 2 is 2.31 bits per heavy atom. The van der Waals surface area contributed by atoms with Crippen LogP contribution in [-0.4, -0.2) is 21.2 Å². The van der Waals surface area contributed by atoms with E-state index < -0.39 is 0 Å². The van der Waals surface area contributed by atoms with E-state index in [1.165, 1.54) is 12.8 Å². The summed E-state index contributed by atoms with van der Waals surface area (Å²) < 4.78 is 1.54. The summed E-state index contributed by atoms with van der Waals surface area (Å²) in [4.78, 5) is 10.5. The molecule has 6 heteroatoms. The molecule has 1 fully saturated rings. The fourth-order valence-corrected chi connectivity index (χ4v) is 1.86. The lowest BCUT2D eigenvalue weighted by Crippen LogP contribution is -2.08. The van der Waals surface area contributed by atoms with Crippen molar-refractivity contribution in [2.75, 3.05) is 11.9 Å². The number of hydrogen-bond acceptors (Lipinski definition) is 4. The van der Waals surface area contributed by atoms with E-state index in [1.807, 2.05) is 0 Å². The number of nitrogens with zero attached hydrogens (tertiary/aromatic N) is 3. The summed E-state index contributed by atoms with van der Waals surface area (Å²) in [6.45, 7) is 2.44. The van der Waals surface area contributed by atoms with E-state index in [-0.39, 0.29) is 10.6 Å². The molecule has 0 spiro atoms. The minimum atomic E-state index is -0.373. The number of aromatic nitrogens is 2. The maximum Gasteiger partial charge on any atom is 0.333 e. The quantitative estimate of drug-likeness (QED) is 0.612. The zero-order chi connectivity index (χ0) is 11.7. The van der Waals surface area contributed by atoms with Gasteiger partial charge in [-0.1, -0.05) is 12.8 Å². The number of aryl methyl sites for hydroxylation is 2.